The average Bonchev–Trinajstić information content (AvgIpc) is 2.55. The van der Waals surface area contributed by atoms with Crippen molar-refractivity contribution >= 4 is 22.7 Å². The van der Waals surface area contributed by atoms with E-state index in [0.29, 0.717) is 10.9 Å². The van der Waals surface area contributed by atoms with Gasteiger partial charge in [-0.15, -0.1) is 0 Å². The van der Waals surface area contributed by atoms with Crippen molar-refractivity contribution in [3.05, 3.63) is 78.0 Å². The lowest BCUT2D eigenvalue weighted by Crippen LogP contribution is -2.38. The molecule has 0 amide bonds. The Labute approximate surface area is 127 Å². The van der Waals surface area contributed by atoms with Crippen molar-refractivity contribution in [3.63, 3.8) is 0 Å². The molecule has 22 heavy (non-hydrogen) atoms. The summed E-state index contributed by atoms with van der Waals surface area (Å²) >= 11 is 0. The molecule has 0 fully saturated rings. The van der Waals surface area contributed by atoms with Crippen molar-refractivity contribution in [3.8, 4) is 0 Å². The van der Waals surface area contributed by atoms with E-state index in [9.17, 15) is 14.7 Å². The Kier molecular flexibility index (Phi) is 3.66. The van der Waals surface area contributed by atoms with Crippen molar-refractivity contribution < 1.29 is 19.3 Å². The Bertz CT molecular complexity index is 857. The van der Waals surface area contributed by atoms with Crippen molar-refractivity contribution in [2.24, 2.45) is 0 Å². The maximum Gasteiger partial charge on any atom is 0.336 e. The van der Waals surface area contributed by atoms with Crippen molar-refractivity contribution in [1.29, 1.82) is 0 Å². The van der Waals surface area contributed by atoms with Crippen LogP contribution in [0, 0.1) is 0 Å². The molecule has 1 heterocycles. The summed E-state index contributed by atoms with van der Waals surface area (Å²) in [5, 5.41) is 9.88. The highest BCUT2D eigenvalue weighted by atomic mass is 16.4. The van der Waals surface area contributed by atoms with Crippen molar-refractivity contribution in [1.82, 2.24) is 0 Å². The number of carboxylic acids is 1. The Balaban J connectivity index is 2.03. The molecule has 0 atom stereocenters. The first kappa shape index (κ1) is 13.9. The number of carbonyl (C=O) groups is 2. The van der Waals surface area contributed by atoms with Crippen LogP contribution in [0.1, 0.15) is 20.7 Å². The zero-order chi connectivity index (χ0) is 15.5. The number of carbonyl (C=O) groups excluding carboxylic acids is 1. The number of pyridine rings is 1. The van der Waals surface area contributed by atoms with Gasteiger partial charge in [-0.3, -0.25) is 4.79 Å². The van der Waals surface area contributed by atoms with Crippen LogP contribution in [0.2, 0.25) is 0 Å². The molecule has 0 saturated heterocycles. The number of aromatic nitrogens is 1. The predicted molar refractivity (Wildman–Crippen MR) is 81.9 cm³/mol. The third-order valence-corrected chi connectivity index (χ3v) is 3.56. The Hall–Kier alpha value is -3.01. The lowest BCUT2D eigenvalue weighted by molar-refractivity contribution is -0.657. The first-order valence-corrected chi connectivity index (χ1v) is 6.89. The van der Waals surface area contributed by atoms with Crippen molar-refractivity contribution in [2.45, 2.75) is 6.54 Å². The average molecular weight is 292 g/mol. The fraction of sp³-hybridized carbons (Fsp3) is 0.0556. The zero-order valence-corrected chi connectivity index (χ0v) is 11.8. The van der Waals surface area contributed by atoms with Crippen LogP contribution in [0.5, 0.6) is 0 Å². The summed E-state index contributed by atoms with van der Waals surface area (Å²) < 4.78 is 1.77. The molecular formula is C18H14NO3+. The molecule has 0 spiro atoms. The van der Waals surface area contributed by atoms with Crippen LogP contribution < -0.4 is 4.57 Å². The summed E-state index contributed by atoms with van der Waals surface area (Å²) in [6.45, 7) is 0.171. The maximum absolute atomic E-state index is 12.3. The Morgan fingerprint density at radius 2 is 1.68 bits per heavy atom. The number of hydrogen-bond donors (Lipinski definition) is 1. The van der Waals surface area contributed by atoms with Crippen LogP contribution in [0.15, 0.2) is 66.9 Å². The molecule has 108 valence electrons. The zero-order valence-electron chi connectivity index (χ0n) is 11.8. The predicted octanol–water partition coefficient (Wildman–Crippen LogP) is 2.71. The van der Waals surface area contributed by atoms with Gasteiger partial charge in [0.1, 0.15) is 0 Å². The molecule has 1 aromatic heterocycles. The second-order valence-electron chi connectivity index (χ2n) is 4.97. The molecule has 0 aliphatic carbocycles. The van der Waals surface area contributed by atoms with E-state index in [0.717, 1.165) is 5.52 Å². The molecule has 1 N–H and O–H groups in total. The first-order valence-electron chi connectivity index (χ1n) is 6.89. The van der Waals surface area contributed by atoms with E-state index in [1.165, 1.54) is 0 Å². The molecule has 2 aromatic carbocycles. The molecule has 4 nitrogen and oxygen atoms in total. The number of Topliss-reactive ketones (excluding diaryl/α,β-unsaturated/α-hetero) is 1. The highest BCUT2D eigenvalue weighted by Gasteiger charge is 2.18. The molecule has 0 aliphatic rings. The fourth-order valence-electron chi connectivity index (χ4n) is 2.50. The van der Waals surface area contributed by atoms with Gasteiger partial charge in [0.05, 0.1) is 10.9 Å². The standard InChI is InChI=1S/C18H13NO3/c20-17(13-6-2-1-3-7-13)12-19-11-5-9-14-15(18(21)22)8-4-10-16(14)19/h1-11H,12H2/p+1. The smallest absolute Gasteiger partial charge is 0.336 e. The van der Waals surface area contributed by atoms with E-state index in [4.69, 9.17) is 0 Å². The highest BCUT2D eigenvalue weighted by Crippen LogP contribution is 2.15. The van der Waals surface area contributed by atoms with Crippen LogP contribution in [0.4, 0.5) is 0 Å². The normalized spacial score (nSPS) is 10.5. The van der Waals surface area contributed by atoms with E-state index < -0.39 is 5.97 Å². The van der Waals surface area contributed by atoms with Crippen LogP contribution in [0.25, 0.3) is 10.9 Å². The maximum atomic E-state index is 12.3. The topological polar surface area (TPSA) is 58.2 Å². The number of rotatable bonds is 4. The minimum absolute atomic E-state index is 0.0150. The number of fused-ring (bicyclic) bond motifs is 1. The quantitative estimate of drug-likeness (QED) is 0.594. The van der Waals surface area contributed by atoms with Gasteiger partial charge < -0.3 is 5.11 Å². The largest absolute Gasteiger partial charge is 0.478 e. The molecule has 0 radical (unpaired) electrons. The minimum Gasteiger partial charge on any atom is -0.478 e. The highest BCUT2D eigenvalue weighted by molar-refractivity contribution is 6.01. The molecule has 0 unspecified atom stereocenters. The third kappa shape index (κ3) is 2.59. The van der Waals surface area contributed by atoms with E-state index in [-0.39, 0.29) is 17.9 Å². The number of nitrogens with zero attached hydrogens (tertiary/aromatic N) is 1. The first-order chi connectivity index (χ1) is 10.7. The molecule has 0 bridgehead atoms. The Morgan fingerprint density at radius 3 is 2.41 bits per heavy atom. The van der Waals surface area contributed by atoms with E-state index in [1.807, 2.05) is 24.3 Å². The summed E-state index contributed by atoms with van der Waals surface area (Å²) in [4.78, 5) is 23.6. The summed E-state index contributed by atoms with van der Waals surface area (Å²) in [7, 11) is 0. The van der Waals surface area contributed by atoms with Gasteiger partial charge in [-0.05, 0) is 12.1 Å². The van der Waals surface area contributed by atoms with E-state index in [2.05, 4.69) is 0 Å². The van der Waals surface area contributed by atoms with Gasteiger partial charge in [-0.2, -0.15) is 4.57 Å². The molecule has 3 rings (SSSR count). The second kappa shape index (κ2) is 5.77. The monoisotopic (exact) mass is 292 g/mol. The van der Waals surface area contributed by atoms with Crippen LogP contribution in [-0.4, -0.2) is 16.9 Å². The molecule has 0 saturated carbocycles. The van der Waals surface area contributed by atoms with Crippen molar-refractivity contribution in [2.75, 3.05) is 0 Å². The van der Waals surface area contributed by atoms with Crippen LogP contribution in [-0.2, 0) is 6.54 Å². The van der Waals surface area contributed by atoms with E-state index in [1.54, 1.807) is 47.2 Å². The SMILES string of the molecule is O=C(C[n+]1cccc2c(C(=O)O)cccc21)c1ccccc1. The number of aromatic carboxylic acids is 1. The molecule has 4 heteroatoms. The lowest BCUT2D eigenvalue weighted by atomic mass is 10.1. The lowest BCUT2D eigenvalue weighted by Gasteiger charge is -2.03. The van der Waals surface area contributed by atoms with Gasteiger partial charge >= 0.3 is 5.97 Å². The van der Waals surface area contributed by atoms with Crippen LogP contribution >= 0.6 is 0 Å². The van der Waals surface area contributed by atoms with Gasteiger partial charge in [-0.1, -0.05) is 36.4 Å². The fourth-order valence-corrected chi connectivity index (χ4v) is 2.50. The number of hydrogen-bond acceptors (Lipinski definition) is 2. The third-order valence-electron chi connectivity index (χ3n) is 3.56. The van der Waals surface area contributed by atoms with Gasteiger partial charge in [0.2, 0.25) is 17.8 Å². The summed E-state index contributed by atoms with van der Waals surface area (Å²) in [5.74, 6) is -0.989. The number of benzene rings is 2. The Morgan fingerprint density at radius 1 is 0.909 bits per heavy atom. The van der Waals surface area contributed by atoms with Crippen LogP contribution in [0.3, 0.4) is 0 Å². The molecule has 3 aromatic rings. The van der Waals surface area contributed by atoms with Gasteiger partial charge in [0.25, 0.3) is 0 Å². The van der Waals surface area contributed by atoms with Gasteiger partial charge in [0, 0.05) is 17.7 Å². The summed E-state index contributed by atoms with van der Waals surface area (Å²) in [6.07, 6.45) is 1.79. The van der Waals surface area contributed by atoms with E-state index >= 15 is 0 Å². The molecular weight excluding hydrogens is 278 g/mol. The number of carboxylic acid groups (broad SMARTS) is 1. The minimum atomic E-state index is -0.974. The summed E-state index contributed by atoms with van der Waals surface area (Å²) in [5.41, 5.74) is 1.60. The summed E-state index contributed by atoms with van der Waals surface area (Å²) in [6, 6.07) is 17.6. The number of ketones is 1. The molecule has 0 aliphatic heterocycles. The second-order valence-corrected chi connectivity index (χ2v) is 4.97. The van der Waals surface area contributed by atoms with Gasteiger partial charge in [-0.25, -0.2) is 4.79 Å². The van der Waals surface area contributed by atoms with Gasteiger partial charge in [0.15, 0.2) is 6.20 Å².